The number of anilines is 1. The highest BCUT2D eigenvalue weighted by Gasteiger charge is 2.27. The monoisotopic (exact) mass is 359 g/mol. The molecule has 2 aliphatic heterocycles. The van der Waals surface area contributed by atoms with Gasteiger partial charge in [0.15, 0.2) is 5.17 Å². The molecule has 0 aromatic heterocycles. The van der Waals surface area contributed by atoms with Gasteiger partial charge in [-0.1, -0.05) is 37.2 Å². The molecule has 0 fully saturated rings. The summed E-state index contributed by atoms with van der Waals surface area (Å²) in [5, 5.41) is 5.75. The molecule has 0 radical (unpaired) electrons. The van der Waals surface area contributed by atoms with Crippen molar-refractivity contribution in [3.8, 4) is 0 Å². The molecule has 0 aliphatic carbocycles. The molecule has 0 atom stereocenters. The molecule has 0 spiro atoms. The summed E-state index contributed by atoms with van der Waals surface area (Å²) in [6.45, 7) is 4.02. The molecule has 7 heteroatoms. The van der Waals surface area contributed by atoms with Crippen molar-refractivity contribution in [1.82, 2.24) is 4.90 Å². The number of para-hydroxylation sites is 1. The van der Waals surface area contributed by atoms with E-state index in [0.29, 0.717) is 17.9 Å². The standard InChI is InChI=1S/C18H21N3O3S/c1-2-3-10-24-17(23)14-6-4-5-7-15(14)20-16(22)11-13-12-25-18-19-8-9-21(13)18/h4-7,12H,2-3,8-11H2,1H3,(H,20,22). The number of carbonyl (C=O) groups is 2. The predicted molar refractivity (Wildman–Crippen MR) is 99.6 cm³/mol. The van der Waals surface area contributed by atoms with Gasteiger partial charge in [-0.3, -0.25) is 9.79 Å². The number of amides is 1. The number of hydrogen-bond donors (Lipinski definition) is 1. The van der Waals surface area contributed by atoms with Crippen LogP contribution in [0.5, 0.6) is 0 Å². The maximum Gasteiger partial charge on any atom is 0.340 e. The number of nitrogens with one attached hydrogen (secondary N) is 1. The topological polar surface area (TPSA) is 71.0 Å². The van der Waals surface area contributed by atoms with Crippen molar-refractivity contribution in [2.45, 2.75) is 26.2 Å². The van der Waals surface area contributed by atoms with Crippen molar-refractivity contribution in [3.63, 3.8) is 0 Å². The third-order valence-electron chi connectivity index (χ3n) is 3.94. The molecule has 1 aromatic carbocycles. The molecule has 0 bridgehead atoms. The van der Waals surface area contributed by atoms with Gasteiger partial charge in [0.2, 0.25) is 5.91 Å². The molecule has 2 heterocycles. The second-order valence-electron chi connectivity index (χ2n) is 5.80. The van der Waals surface area contributed by atoms with Crippen molar-refractivity contribution in [2.75, 3.05) is 25.0 Å². The molecule has 0 saturated heterocycles. The zero-order valence-electron chi connectivity index (χ0n) is 14.2. The largest absolute Gasteiger partial charge is 0.462 e. The molecular weight excluding hydrogens is 338 g/mol. The van der Waals surface area contributed by atoms with E-state index in [9.17, 15) is 9.59 Å². The predicted octanol–water partition coefficient (Wildman–Crippen LogP) is 3.23. The van der Waals surface area contributed by atoms with Crippen molar-refractivity contribution in [1.29, 1.82) is 0 Å². The lowest BCUT2D eigenvalue weighted by atomic mass is 10.1. The molecule has 1 aromatic rings. The molecule has 25 heavy (non-hydrogen) atoms. The molecule has 0 saturated carbocycles. The van der Waals surface area contributed by atoms with Crippen LogP contribution in [0.2, 0.25) is 0 Å². The van der Waals surface area contributed by atoms with Crippen LogP contribution >= 0.6 is 11.8 Å². The van der Waals surface area contributed by atoms with E-state index in [1.807, 2.05) is 12.3 Å². The Bertz CT molecular complexity index is 730. The number of benzene rings is 1. The van der Waals surface area contributed by atoms with E-state index < -0.39 is 5.97 Å². The SMILES string of the molecule is CCCCOC(=O)c1ccccc1NC(=O)CC1=CSC2=NCCN12. The number of rotatable bonds is 7. The Balaban J connectivity index is 1.61. The van der Waals surface area contributed by atoms with Gasteiger partial charge in [-0.2, -0.15) is 0 Å². The number of esters is 1. The van der Waals surface area contributed by atoms with Crippen LogP contribution in [0, 0.1) is 0 Å². The molecule has 6 nitrogen and oxygen atoms in total. The number of fused-ring (bicyclic) bond motifs is 1. The van der Waals surface area contributed by atoms with E-state index in [1.165, 1.54) is 0 Å². The number of amidine groups is 1. The van der Waals surface area contributed by atoms with Crippen LogP contribution in [0.4, 0.5) is 5.69 Å². The van der Waals surface area contributed by atoms with Gasteiger partial charge in [0, 0.05) is 12.2 Å². The summed E-state index contributed by atoms with van der Waals surface area (Å²) < 4.78 is 5.25. The van der Waals surface area contributed by atoms with Gasteiger partial charge in [0.05, 0.1) is 30.8 Å². The van der Waals surface area contributed by atoms with Crippen LogP contribution in [0.15, 0.2) is 40.4 Å². The summed E-state index contributed by atoms with van der Waals surface area (Å²) >= 11 is 1.55. The second-order valence-corrected chi connectivity index (χ2v) is 6.64. The number of hydrogen-bond acceptors (Lipinski definition) is 6. The third-order valence-corrected chi connectivity index (χ3v) is 4.89. The van der Waals surface area contributed by atoms with Crippen molar-refractivity contribution in [3.05, 3.63) is 40.9 Å². The van der Waals surface area contributed by atoms with E-state index in [1.54, 1.807) is 36.0 Å². The zero-order valence-corrected chi connectivity index (χ0v) is 15.0. The Morgan fingerprint density at radius 2 is 2.20 bits per heavy atom. The summed E-state index contributed by atoms with van der Waals surface area (Å²) in [6, 6.07) is 6.93. The lowest BCUT2D eigenvalue weighted by molar-refractivity contribution is -0.115. The van der Waals surface area contributed by atoms with Gasteiger partial charge in [0.1, 0.15) is 0 Å². The van der Waals surface area contributed by atoms with Crippen LogP contribution in [0.1, 0.15) is 36.5 Å². The lowest BCUT2D eigenvalue weighted by Gasteiger charge is -2.16. The first-order valence-corrected chi connectivity index (χ1v) is 9.30. The number of nitrogens with zero attached hydrogens (tertiary/aromatic N) is 2. The minimum Gasteiger partial charge on any atom is -0.462 e. The molecule has 132 valence electrons. The number of ether oxygens (including phenoxy) is 1. The van der Waals surface area contributed by atoms with E-state index in [-0.39, 0.29) is 12.3 Å². The smallest absolute Gasteiger partial charge is 0.340 e. The number of thioether (sulfide) groups is 1. The fourth-order valence-corrected chi connectivity index (χ4v) is 3.59. The first-order valence-electron chi connectivity index (χ1n) is 8.42. The maximum absolute atomic E-state index is 12.4. The van der Waals surface area contributed by atoms with Gasteiger partial charge in [-0.05, 0) is 24.0 Å². The normalized spacial score (nSPS) is 15.5. The molecule has 0 unspecified atom stereocenters. The quantitative estimate of drug-likeness (QED) is 0.598. The zero-order chi connectivity index (χ0) is 17.6. The van der Waals surface area contributed by atoms with Gasteiger partial charge in [-0.15, -0.1) is 0 Å². The maximum atomic E-state index is 12.4. The number of carbonyl (C=O) groups excluding carboxylic acids is 2. The molecule has 3 rings (SSSR count). The molecular formula is C18H21N3O3S. The fraction of sp³-hybridized carbons (Fsp3) is 0.389. The average Bonchev–Trinajstić information content (AvgIpc) is 3.20. The highest BCUT2D eigenvalue weighted by molar-refractivity contribution is 8.16. The summed E-state index contributed by atoms with van der Waals surface area (Å²) in [6.07, 6.45) is 2.04. The molecule has 1 N–H and O–H groups in total. The van der Waals surface area contributed by atoms with Crippen LogP contribution in [0.3, 0.4) is 0 Å². The fourth-order valence-electron chi connectivity index (χ4n) is 2.63. The summed E-state index contributed by atoms with van der Waals surface area (Å²) in [4.78, 5) is 31.1. The van der Waals surface area contributed by atoms with E-state index in [4.69, 9.17) is 4.74 Å². The van der Waals surface area contributed by atoms with Crippen LogP contribution < -0.4 is 5.32 Å². The van der Waals surface area contributed by atoms with Gasteiger partial charge < -0.3 is 15.0 Å². The van der Waals surface area contributed by atoms with Crippen LogP contribution in [-0.4, -0.2) is 41.6 Å². The average molecular weight is 359 g/mol. The Labute approximate surface area is 151 Å². The molecule has 2 aliphatic rings. The second kappa shape index (κ2) is 8.20. The van der Waals surface area contributed by atoms with E-state index in [2.05, 4.69) is 15.2 Å². The summed E-state index contributed by atoms with van der Waals surface area (Å²) in [5.41, 5.74) is 1.81. The Kier molecular flexibility index (Phi) is 5.75. The summed E-state index contributed by atoms with van der Waals surface area (Å²) in [7, 11) is 0. The highest BCUT2D eigenvalue weighted by atomic mass is 32.2. The van der Waals surface area contributed by atoms with Crippen molar-refractivity contribution < 1.29 is 14.3 Å². The lowest BCUT2D eigenvalue weighted by Crippen LogP contribution is -2.24. The summed E-state index contributed by atoms with van der Waals surface area (Å²) in [5.74, 6) is -0.567. The van der Waals surface area contributed by atoms with Gasteiger partial charge >= 0.3 is 5.97 Å². The van der Waals surface area contributed by atoms with E-state index >= 15 is 0 Å². The van der Waals surface area contributed by atoms with Crippen molar-refractivity contribution in [2.24, 2.45) is 4.99 Å². The van der Waals surface area contributed by atoms with Crippen molar-refractivity contribution >= 4 is 34.5 Å². The number of aliphatic imine (C=N–C) groups is 1. The first-order chi connectivity index (χ1) is 12.2. The Morgan fingerprint density at radius 3 is 3.04 bits per heavy atom. The third kappa shape index (κ3) is 4.22. The minimum absolute atomic E-state index is 0.159. The van der Waals surface area contributed by atoms with Crippen LogP contribution in [-0.2, 0) is 9.53 Å². The molecule has 1 amide bonds. The van der Waals surface area contributed by atoms with Crippen LogP contribution in [0.25, 0.3) is 0 Å². The first kappa shape index (κ1) is 17.5. The van der Waals surface area contributed by atoms with E-state index in [0.717, 1.165) is 36.8 Å². The Morgan fingerprint density at radius 1 is 1.36 bits per heavy atom. The Hall–Kier alpha value is -2.28. The minimum atomic E-state index is -0.408. The van der Waals surface area contributed by atoms with Gasteiger partial charge in [-0.25, -0.2) is 4.79 Å². The highest BCUT2D eigenvalue weighted by Crippen LogP contribution is 2.31. The van der Waals surface area contributed by atoms with Gasteiger partial charge in [0.25, 0.3) is 0 Å². The number of unbranched alkanes of at least 4 members (excludes halogenated alkanes) is 1.